The van der Waals surface area contributed by atoms with E-state index in [4.69, 9.17) is 5.11 Å². The second kappa shape index (κ2) is 7.89. The van der Waals surface area contributed by atoms with Crippen molar-refractivity contribution in [1.82, 2.24) is 10.2 Å². The molecule has 0 fully saturated rings. The van der Waals surface area contributed by atoms with Crippen molar-refractivity contribution in [2.45, 2.75) is 32.9 Å². The summed E-state index contributed by atoms with van der Waals surface area (Å²) >= 11 is 3.36. The number of carboxylic acids is 1. The summed E-state index contributed by atoms with van der Waals surface area (Å²) in [6.45, 7) is 3.83. The fourth-order valence-electron chi connectivity index (χ4n) is 1.72. The predicted octanol–water partition coefficient (Wildman–Crippen LogP) is 2.84. The van der Waals surface area contributed by atoms with Crippen LogP contribution in [0.1, 0.15) is 25.8 Å². The van der Waals surface area contributed by atoms with Crippen molar-refractivity contribution in [3.63, 3.8) is 0 Å². The second-order valence-corrected chi connectivity index (χ2v) is 5.48. The van der Waals surface area contributed by atoms with E-state index in [0.717, 1.165) is 10.0 Å². The zero-order chi connectivity index (χ0) is 15.1. The number of carbonyl (C=O) groups is 2. The largest absolute Gasteiger partial charge is 0.480 e. The Bertz CT molecular complexity index is 479. The van der Waals surface area contributed by atoms with Gasteiger partial charge in [0.1, 0.15) is 6.54 Å². The summed E-state index contributed by atoms with van der Waals surface area (Å²) in [5.41, 5.74) is 0.951. The van der Waals surface area contributed by atoms with Crippen molar-refractivity contribution in [3.05, 3.63) is 34.3 Å². The van der Waals surface area contributed by atoms with E-state index in [0.29, 0.717) is 13.0 Å². The lowest BCUT2D eigenvalue weighted by Gasteiger charge is -2.27. The Balaban J connectivity index is 2.64. The number of hydrogen-bond acceptors (Lipinski definition) is 2. The maximum atomic E-state index is 12.1. The summed E-state index contributed by atoms with van der Waals surface area (Å²) in [7, 11) is 0. The number of aliphatic carboxylic acids is 1. The molecule has 1 unspecified atom stereocenters. The van der Waals surface area contributed by atoms with Gasteiger partial charge in [0.05, 0.1) is 0 Å². The van der Waals surface area contributed by atoms with Crippen molar-refractivity contribution in [3.8, 4) is 0 Å². The molecular weight excluding hydrogens is 324 g/mol. The van der Waals surface area contributed by atoms with Crippen molar-refractivity contribution in [2.75, 3.05) is 6.54 Å². The molecule has 0 radical (unpaired) electrons. The summed E-state index contributed by atoms with van der Waals surface area (Å²) in [6, 6.07) is 7.12. The first kappa shape index (κ1) is 16.5. The van der Waals surface area contributed by atoms with Crippen LogP contribution in [0.15, 0.2) is 28.7 Å². The Morgan fingerprint density at radius 3 is 2.70 bits per heavy atom. The van der Waals surface area contributed by atoms with Gasteiger partial charge in [0.15, 0.2) is 0 Å². The quantitative estimate of drug-likeness (QED) is 0.835. The maximum Gasteiger partial charge on any atom is 0.323 e. The number of nitrogens with zero attached hydrogens (tertiary/aromatic N) is 1. The van der Waals surface area contributed by atoms with Crippen LogP contribution in [0.3, 0.4) is 0 Å². The van der Waals surface area contributed by atoms with Gasteiger partial charge >= 0.3 is 12.0 Å². The van der Waals surface area contributed by atoms with Gasteiger partial charge in [0, 0.05) is 17.1 Å². The van der Waals surface area contributed by atoms with E-state index in [2.05, 4.69) is 21.2 Å². The third-order valence-electron chi connectivity index (χ3n) is 3.02. The monoisotopic (exact) mass is 342 g/mol. The molecule has 0 aliphatic rings. The number of carbonyl (C=O) groups excluding carboxylic acids is 1. The van der Waals surface area contributed by atoms with E-state index >= 15 is 0 Å². The van der Waals surface area contributed by atoms with E-state index in [1.807, 2.05) is 38.1 Å². The predicted molar refractivity (Wildman–Crippen MR) is 80.5 cm³/mol. The fraction of sp³-hybridized carbons (Fsp3) is 0.429. The van der Waals surface area contributed by atoms with E-state index in [9.17, 15) is 9.59 Å². The standard InChI is InChI=1S/C14H19BrN2O3/c1-3-10(2)17(9-13(18)19)14(20)16-8-11-5-4-6-12(15)7-11/h4-7,10H,3,8-9H2,1-2H3,(H,16,20)(H,18,19). The van der Waals surface area contributed by atoms with Gasteiger partial charge in [-0.2, -0.15) is 0 Å². The molecule has 5 nitrogen and oxygen atoms in total. The Kier molecular flexibility index (Phi) is 6.51. The lowest BCUT2D eigenvalue weighted by atomic mass is 10.2. The van der Waals surface area contributed by atoms with Gasteiger partial charge in [-0.3, -0.25) is 4.79 Å². The van der Waals surface area contributed by atoms with Crippen LogP contribution in [-0.4, -0.2) is 34.6 Å². The van der Waals surface area contributed by atoms with Crippen LogP contribution < -0.4 is 5.32 Å². The molecule has 1 aromatic rings. The first-order chi connectivity index (χ1) is 9.43. The Morgan fingerprint density at radius 2 is 2.15 bits per heavy atom. The SMILES string of the molecule is CCC(C)N(CC(=O)O)C(=O)NCc1cccc(Br)c1. The van der Waals surface area contributed by atoms with Gasteiger partial charge in [0.25, 0.3) is 0 Å². The molecule has 2 N–H and O–H groups in total. The van der Waals surface area contributed by atoms with Crippen molar-refractivity contribution in [1.29, 1.82) is 0 Å². The van der Waals surface area contributed by atoms with Crippen LogP contribution in [0.5, 0.6) is 0 Å². The number of carboxylic acid groups (broad SMARTS) is 1. The van der Waals surface area contributed by atoms with Gasteiger partial charge in [-0.15, -0.1) is 0 Å². The van der Waals surface area contributed by atoms with Gasteiger partial charge in [-0.1, -0.05) is 35.0 Å². The average Bonchev–Trinajstić information content (AvgIpc) is 2.41. The van der Waals surface area contributed by atoms with Gasteiger partial charge in [-0.05, 0) is 31.0 Å². The lowest BCUT2D eigenvalue weighted by Crippen LogP contribution is -2.47. The number of urea groups is 1. The molecule has 110 valence electrons. The maximum absolute atomic E-state index is 12.1. The molecule has 0 aliphatic heterocycles. The normalized spacial score (nSPS) is 11.8. The molecule has 0 bridgehead atoms. The molecule has 0 saturated heterocycles. The number of rotatable bonds is 6. The molecule has 0 spiro atoms. The first-order valence-electron chi connectivity index (χ1n) is 6.44. The molecule has 6 heteroatoms. The highest BCUT2D eigenvalue weighted by Crippen LogP contribution is 2.11. The van der Waals surface area contributed by atoms with Crippen LogP contribution in [0, 0.1) is 0 Å². The highest BCUT2D eigenvalue weighted by Gasteiger charge is 2.21. The lowest BCUT2D eigenvalue weighted by molar-refractivity contribution is -0.138. The van der Waals surface area contributed by atoms with Crippen LogP contribution >= 0.6 is 15.9 Å². The van der Waals surface area contributed by atoms with Crippen LogP contribution in [0.25, 0.3) is 0 Å². The molecule has 2 amide bonds. The molecule has 20 heavy (non-hydrogen) atoms. The topological polar surface area (TPSA) is 69.6 Å². The summed E-state index contributed by atoms with van der Waals surface area (Å²) in [5.74, 6) is -1.01. The van der Waals surface area contributed by atoms with Crippen molar-refractivity contribution >= 4 is 27.9 Å². The highest BCUT2D eigenvalue weighted by molar-refractivity contribution is 9.10. The van der Waals surface area contributed by atoms with Crippen LogP contribution in [0.4, 0.5) is 4.79 Å². The average molecular weight is 343 g/mol. The Morgan fingerprint density at radius 1 is 1.45 bits per heavy atom. The van der Waals surface area contributed by atoms with E-state index in [1.54, 1.807) is 0 Å². The van der Waals surface area contributed by atoms with E-state index < -0.39 is 5.97 Å². The zero-order valence-corrected chi connectivity index (χ0v) is 13.2. The molecule has 1 rings (SSSR count). The van der Waals surface area contributed by atoms with Gasteiger partial charge in [-0.25, -0.2) is 4.79 Å². The Labute approximate surface area is 127 Å². The highest BCUT2D eigenvalue weighted by atomic mass is 79.9. The molecule has 0 saturated carbocycles. The third kappa shape index (κ3) is 5.21. The summed E-state index contributed by atoms with van der Waals surface area (Å²) in [6.07, 6.45) is 0.706. The minimum absolute atomic E-state index is 0.117. The van der Waals surface area contributed by atoms with Crippen molar-refractivity contribution < 1.29 is 14.7 Å². The molecule has 1 aromatic carbocycles. The molecular formula is C14H19BrN2O3. The first-order valence-corrected chi connectivity index (χ1v) is 7.24. The summed E-state index contributed by atoms with van der Waals surface area (Å²) in [5, 5.41) is 11.6. The minimum Gasteiger partial charge on any atom is -0.480 e. The number of amides is 2. The van der Waals surface area contributed by atoms with Crippen LogP contribution in [0.2, 0.25) is 0 Å². The number of halogens is 1. The van der Waals surface area contributed by atoms with Gasteiger partial charge in [0.2, 0.25) is 0 Å². The third-order valence-corrected chi connectivity index (χ3v) is 3.52. The Hall–Kier alpha value is -1.56. The summed E-state index contributed by atoms with van der Waals surface area (Å²) in [4.78, 5) is 24.2. The fourth-order valence-corrected chi connectivity index (χ4v) is 2.17. The number of benzene rings is 1. The second-order valence-electron chi connectivity index (χ2n) is 4.57. The minimum atomic E-state index is -1.01. The van der Waals surface area contributed by atoms with Crippen LogP contribution in [-0.2, 0) is 11.3 Å². The number of nitrogens with one attached hydrogen (secondary N) is 1. The molecule has 0 aliphatic carbocycles. The van der Waals surface area contributed by atoms with Crippen molar-refractivity contribution in [2.24, 2.45) is 0 Å². The molecule has 0 heterocycles. The van der Waals surface area contributed by atoms with E-state index in [1.165, 1.54) is 4.90 Å². The molecule has 0 aromatic heterocycles. The molecule has 1 atom stereocenters. The number of hydrogen-bond donors (Lipinski definition) is 2. The van der Waals surface area contributed by atoms with Gasteiger partial charge < -0.3 is 15.3 Å². The smallest absolute Gasteiger partial charge is 0.323 e. The summed E-state index contributed by atoms with van der Waals surface area (Å²) < 4.78 is 0.938. The zero-order valence-electron chi connectivity index (χ0n) is 11.6. The van der Waals surface area contributed by atoms with E-state index in [-0.39, 0.29) is 18.6 Å².